The number of hydrogen-bond donors (Lipinski definition) is 3. The van der Waals surface area contributed by atoms with Crippen molar-refractivity contribution in [3.63, 3.8) is 0 Å². The molecule has 0 radical (unpaired) electrons. The van der Waals surface area contributed by atoms with Gasteiger partial charge in [0.25, 0.3) is 15.1 Å². The molecule has 12 heavy (non-hydrogen) atoms. The monoisotopic (exact) mass is 225 g/mol. The maximum atomic E-state index is 8.80. The third-order valence-electron chi connectivity index (χ3n) is 1.45. The fourth-order valence-electron chi connectivity index (χ4n) is 0.681. The van der Waals surface area contributed by atoms with Gasteiger partial charge in [-0.25, -0.2) is 0 Å². The molecule has 1 aromatic heterocycles. The van der Waals surface area contributed by atoms with Crippen molar-refractivity contribution in [1.82, 2.24) is 0 Å². The van der Waals surface area contributed by atoms with Crippen LogP contribution in [0, 0.1) is 13.8 Å². The lowest BCUT2D eigenvalue weighted by atomic mass is 10.2. The van der Waals surface area contributed by atoms with Gasteiger partial charge in [-0.05, 0) is 24.8 Å². The molecule has 1 rings (SSSR count). The zero-order chi connectivity index (χ0) is 9.35. The van der Waals surface area contributed by atoms with Gasteiger partial charge in [-0.15, -0.1) is 0 Å². The van der Waals surface area contributed by atoms with Crippen molar-refractivity contribution in [1.29, 1.82) is 0 Å². The molecule has 0 fully saturated rings. The van der Waals surface area contributed by atoms with E-state index in [1.165, 1.54) is 11.3 Å². The Hall–Kier alpha value is 0.230. The van der Waals surface area contributed by atoms with E-state index in [1.54, 1.807) is 0 Å². The molecule has 1 aromatic rings. The molecular formula is C6H10O3PS2+. The van der Waals surface area contributed by atoms with Gasteiger partial charge in [-0.3, -0.25) is 14.7 Å². The van der Waals surface area contributed by atoms with Crippen LogP contribution in [-0.2, 0) is 10.9 Å². The maximum absolute atomic E-state index is 8.80. The van der Waals surface area contributed by atoms with Crippen LogP contribution in [0.3, 0.4) is 0 Å². The van der Waals surface area contributed by atoms with Crippen LogP contribution in [0.2, 0.25) is 0 Å². The van der Waals surface area contributed by atoms with Gasteiger partial charge in [0.15, 0.2) is 0 Å². The summed E-state index contributed by atoms with van der Waals surface area (Å²) < 4.78 is 0.772. The molecule has 0 atom stereocenters. The predicted octanol–water partition coefficient (Wildman–Crippen LogP) is 1.46. The highest BCUT2D eigenvalue weighted by molar-refractivity contribution is 8.17. The van der Waals surface area contributed by atoms with Crippen LogP contribution in [0.15, 0.2) is 9.59 Å². The van der Waals surface area contributed by atoms with Gasteiger partial charge in [-0.2, -0.15) is 0 Å². The average Bonchev–Trinajstić information content (AvgIpc) is 2.16. The number of hydrogen-bond acceptors (Lipinski definition) is 1. The summed E-state index contributed by atoms with van der Waals surface area (Å²) in [4.78, 5) is 26.4. The van der Waals surface area contributed by atoms with E-state index >= 15 is 0 Å². The summed E-state index contributed by atoms with van der Waals surface area (Å²) >= 11 is 1.41. The molecule has 0 amide bonds. The summed E-state index contributed by atoms with van der Waals surface area (Å²) in [7, 11) is 0.744. The van der Waals surface area contributed by atoms with Gasteiger partial charge in [-0.1, -0.05) is 11.3 Å². The normalized spacial score (nSPS) is 11.8. The topological polar surface area (TPSA) is 60.7 Å². The molecule has 3 N–H and O–H groups in total. The van der Waals surface area contributed by atoms with Crippen LogP contribution in [0.4, 0.5) is 0 Å². The summed E-state index contributed by atoms with van der Waals surface area (Å²) in [5.74, 6) is 0. The standard InChI is InChI=1S/C6H10O3PS2/c1-4-3-11-6(5(4)2)12-10(7,8)9/h3,7-9H,1-2H3/q+1. The lowest BCUT2D eigenvalue weighted by molar-refractivity contribution is 0.363. The van der Waals surface area contributed by atoms with E-state index in [9.17, 15) is 0 Å². The summed E-state index contributed by atoms with van der Waals surface area (Å²) in [6.07, 6.45) is 0. The van der Waals surface area contributed by atoms with E-state index in [2.05, 4.69) is 0 Å². The van der Waals surface area contributed by atoms with Crippen LogP contribution in [0.1, 0.15) is 11.1 Å². The second kappa shape index (κ2) is 3.54. The molecule has 0 aliphatic heterocycles. The molecule has 0 aliphatic rings. The molecule has 0 unspecified atom stereocenters. The largest absolute Gasteiger partial charge is 0.522 e. The van der Waals surface area contributed by atoms with Crippen LogP contribution >= 0.6 is 18.1 Å². The molecule has 0 spiro atoms. The van der Waals surface area contributed by atoms with Crippen LogP contribution in [0.25, 0.3) is 0 Å². The second-order valence-electron chi connectivity index (χ2n) is 2.44. The summed E-state index contributed by atoms with van der Waals surface area (Å²) in [6, 6.07) is 0. The average molecular weight is 225 g/mol. The zero-order valence-electron chi connectivity index (χ0n) is 6.68. The first-order valence-corrected chi connectivity index (χ1v) is 7.16. The Kier molecular flexibility index (Phi) is 3.04. The molecule has 0 saturated carbocycles. The Morgan fingerprint density at radius 3 is 2.25 bits per heavy atom. The predicted molar refractivity (Wildman–Crippen MR) is 53.0 cm³/mol. The third-order valence-corrected chi connectivity index (χ3v) is 5.35. The van der Waals surface area contributed by atoms with E-state index in [0.29, 0.717) is 0 Å². The van der Waals surface area contributed by atoms with E-state index in [4.69, 9.17) is 14.7 Å². The van der Waals surface area contributed by atoms with Crippen molar-refractivity contribution in [2.75, 3.05) is 0 Å². The number of aryl methyl sites for hydroxylation is 1. The van der Waals surface area contributed by atoms with E-state index < -0.39 is 6.72 Å². The summed E-state index contributed by atoms with van der Waals surface area (Å²) in [5, 5.41) is 1.92. The van der Waals surface area contributed by atoms with Gasteiger partial charge in [0.05, 0.1) is 0 Å². The number of thiophene rings is 1. The lowest BCUT2D eigenvalue weighted by Gasteiger charge is -1.86. The zero-order valence-corrected chi connectivity index (χ0v) is 9.21. The Morgan fingerprint density at radius 1 is 1.33 bits per heavy atom. The van der Waals surface area contributed by atoms with Crippen molar-refractivity contribution in [3.8, 4) is 0 Å². The SMILES string of the molecule is Cc1csc([S+]=P(O)(O)O)c1C. The second-order valence-corrected chi connectivity index (χ2v) is 7.21. The Bertz CT molecular complexity index is 330. The van der Waals surface area contributed by atoms with Gasteiger partial charge in [0.2, 0.25) is 0 Å². The van der Waals surface area contributed by atoms with Gasteiger partial charge in [0, 0.05) is 5.56 Å². The molecular weight excluding hydrogens is 215 g/mol. The van der Waals surface area contributed by atoms with Crippen LogP contribution < -0.4 is 0 Å². The first-order chi connectivity index (χ1) is 5.40. The fourth-order valence-corrected chi connectivity index (χ4v) is 4.68. The molecule has 0 aromatic carbocycles. The minimum absolute atomic E-state index is 0.744. The van der Waals surface area contributed by atoms with Crippen molar-refractivity contribution in [3.05, 3.63) is 16.5 Å². The van der Waals surface area contributed by atoms with Crippen molar-refractivity contribution >= 4 is 29.0 Å². The van der Waals surface area contributed by atoms with Crippen LogP contribution in [-0.4, -0.2) is 14.7 Å². The van der Waals surface area contributed by atoms with Crippen molar-refractivity contribution in [2.24, 2.45) is 0 Å². The highest BCUT2D eigenvalue weighted by Gasteiger charge is 2.24. The minimum Gasteiger partial charge on any atom is -0.289 e. The first kappa shape index (κ1) is 10.3. The quantitative estimate of drug-likeness (QED) is 0.501. The number of rotatable bonds is 1. The van der Waals surface area contributed by atoms with E-state index in [1.807, 2.05) is 19.2 Å². The van der Waals surface area contributed by atoms with Crippen LogP contribution in [0.5, 0.6) is 0 Å². The van der Waals surface area contributed by atoms with Gasteiger partial charge in [0.1, 0.15) is 0 Å². The minimum atomic E-state index is -3.72. The Labute approximate surface area is 78.5 Å². The molecule has 0 aliphatic carbocycles. The first-order valence-electron chi connectivity index (χ1n) is 3.22. The van der Waals surface area contributed by atoms with Crippen molar-refractivity contribution < 1.29 is 14.7 Å². The van der Waals surface area contributed by atoms with Crippen molar-refractivity contribution in [2.45, 2.75) is 18.1 Å². The Balaban J connectivity index is 3.14. The Morgan fingerprint density at radius 2 is 1.92 bits per heavy atom. The molecule has 0 saturated heterocycles. The van der Waals surface area contributed by atoms with E-state index in [-0.39, 0.29) is 0 Å². The highest BCUT2D eigenvalue weighted by atomic mass is 32.5. The summed E-state index contributed by atoms with van der Waals surface area (Å²) in [5.41, 5.74) is 2.11. The lowest BCUT2D eigenvalue weighted by Crippen LogP contribution is -1.79. The smallest absolute Gasteiger partial charge is 0.289 e. The third kappa shape index (κ3) is 2.62. The molecule has 3 nitrogen and oxygen atoms in total. The molecule has 1 heterocycles. The van der Waals surface area contributed by atoms with E-state index in [0.717, 1.165) is 26.3 Å². The highest BCUT2D eigenvalue weighted by Crippen LogP contribution is 2.36. The van der Waals surface area contributed by atoms with Gasteiger partial charge < -0.3 is 0 Å². The molecule has 0 bridgehead atoms. The maximum Gasteiger partial charge on any atom is 0.522 e. The fraction of sp³-hybridized carbons (Fsp3) is 0.333. The van der Waals surface area contributed by atoms with Gasteiger partial charge >= 0.3 is 6.72 Å². The molecule has 68 valence electrons. The molecule has 6 heteroatoms. The summed E-state index contributed by atoms with van der Waals surface area (Å²) in [6.45, 7) is 0.115.